The second-order valence-corrected chi connectivity index (χ2v) is 8.34. The molecule has 0 spiro atoms. The maximum atomic E-state index is 12.8. The second kappa shape index (κ2) is 9.99. The first kappa shape index (κ1) is 23.8. The Morgan fingerprint density at radius 3 is 2.68 bits per heavy atom. The van der Waals surface area contributed by atoms with Gasteiger partial charge in [0.05, 0.1) is 31.8 Å². The molecule has 2 aromatic carbocycles. The predicted octanol–water partition coefficient (Wildman–Crippen LogP) is 3.54. The SMILES string of the molecule is C#CCOc1ccc([C@@H]2CC(=O)Nc3c2c(C)nn3-c2nncc(-c3ccc(OC)cc3)n2)cc1OC. The molecule has 37 heavy (non-hydrogen) atoms. The molecule has 4 aromatic rings. The minimum absolute atomic E-state index is 0.126. The number of carbonyl (C=O) groups excluding carboxylic acids is 1. The number of rotatable bonds is 7. The number of aromatic nitrogens is 5. The van der Waals surface area contributed by atoms with Crippen molar-refractivity contribution in [1.29, 1.82) is 0 Å². The van der Waals surface area contributed by atoms with E-state index in [0.717, 1.165) is 28.1 Å². The molecule has 1 N–H and O–H groups in total. The van der Waals surface area contributed by atoms with E-state index < -0.39 is 0 Å². The van der Waals surface area contributed by atoms with E-state index in [1.54, 1.807) is 26.5 Å². The molecule has 1 aliphatic rings. The number of hydrogen-bond donors (Lipinski definition) is 1. The number of hydrogen-bond acceptors (Lipinski definition) is 8. The summed E-state index contributed by atoms with van der Waals surface area (Å²) in [6, 6.07) is 13.0. The Balaban J connectivity index is 1.55. The highest BCUT2D eigenvalue weighted by atomic mass is 16.5. The lowest BCUT2D eigenvalue weighted by molar-refractivity contribution is -0.116. The maximum absolute atomic E-state index is 12.8. The lowest BCUT2D eigenvalue weighted by Crippen LogP contribution is -2.25. The van der Waals surface area contributed by atoms with Gasteiger partial charge in [-0.05, 0) is 48.9 Å². The smallest absolute Gasteiger partial charge is 0.272 e. The molecule has 186 valence electrons. The van der Waals surface area contributed by atoms with Gasteiger partial charge in [0, 0.05) is 23.5 Å². The van der Waals surface area contributed by atoms with Crippen LogP contribution in [0.5, 0.6) is 17.2 Å². The molecule has 0 unspecified atom stereocenters. The molecule has 10 heteroatoms. The summed E-state index contributed by atoms with van der Waals surface area (Å²) in [6.07, 6.45) is 7.14. The van der Waals surface area contributed by atoms with Crippen LogP contribution in [0, 0.1) is 19.3 Å². The van der Waals surface area contributed by atoms with Gasteiger partial charge in [0.2, 0.25) is 5.91 Å². The zero-order valence-electron chi connectivity index (χ0n) is 20.6. The maximum Gasteiger partial charge on any atom is 0.272 e. The molecule has 0 bridgehead atoms. The summed E-state index contributed by atoms with van der Waals surface area (Å²) in [5, 5.41) is 15.9. The zero-order valence-corrected chi connectivity index (χ0v) is 20.6. The van der Waals surface area contributed by atoms with Gasteiger partial charge in [-0.25, -0.2) is 4.98 Å². The van der Waals surface area contributed by atoms with E-state index in [1.165, 1.54) is 4.68 Å². The number of benzene rings is 2. The first-order valence-electron chi connectivity index (χ1n) is 11.5. The third-order valence-electron chi connectivity index (χ3n) is 6.13. The normalized spacial score (nSPS) is 14.3. The van der Waals surface area contributed by atoms with Crippen molar-refractivity contribution in [1.82, 2.24) is 25.0 Å². The van der Waals surface area contributed by atoms with Crippen LogP contribution in [0.1, 0.15) is 29.2 Å². The molecule has 1 atom stereocenters. The minimum atomic E-state index is -0.259. The molecule has 1 amide bonds. The number of methoxy groups -OCH3 is 2. The van der Waals surface area contributed by atoms with E-state index in [1.807, 2.05) is 43.3 Å². The highest BCUT2D eigenvalue weighted by Gasteiger charge is 2.33. The summed E-state index contributed by atoms with van der Waals surface area (Å²) in [4.78, 5) is 17.5. The van der Waals surface area contributed by atoms with E-state index in [2.05, 4.69) is 31.5 Å². The molecule has 5 rings (SSSR count). The van der Waals surface area contributed by atoms with Crippen molar-refractivity contribution in [3.63, 3.8) is 0 Å². The zero-order chi connectivity index (χ0) is 25.9. The van der Waals surface area contributed by atoms with Crippen molar-refractivity contribution >= 4 is 11.7 Å². The number of ether oxygens (including phenoxy) is 3. The summed E-state index contributed by atoms with van der Waals surface area (Å²) in [5.41, 5.74) is 3.95. The average molecular weight is 497 g/mol. The summed E-state index contributed by atoms with van der Waals surface area (Å²) in [6.45, 7) is 2.02. The quantitative estimate of drug-likeness (QED) is 0.387. The molecular formula is C27H24N6O4. The van der Waals surface area contributed by atoms with Crippen LogP contribution in [0.4, 0.5) is 5.82 Å². The Kier molecular flexibility index (Phi) is 6.43. The van der Waals surface area contributed by atoms with Gasteiger partial charge in [-0.2, -0.15) is 14.9 Å². The molecule has 2 aromatic heterocycles. The van der Waals surface area contributed by atoms with Crippen molar-refractivity contribution < 1.29 is 19.0 Å². The van der Waals surface area contributed by atoms with Crippen molar-refractivity contribution in [2.45, 2.75) is 19.3 Å². The summed E-state index contributed by atoms with van der Waals surface area (Å²) < 4.78 is 17.8. The van der Waals surface area contributed by atoms with Gasteiger partial charge >= 0.3 is 0 Å². The first-order chi connectivity index (χ1) is 18.0. The van der Waals surface area contributed by atoms with E-state index in [-0.39, 0.29) is 30.8 Å². The number of nitrogens with zero attached hydrogens (tertiary/aromatic N) is 5. The fourth-order valence-electron chi connectivity index (χ4n) is 4.40. The van der Waals surface area contributed by atoms with Crippen LogP contribution in [-0.4, -0.2) is 51.7 Å². The summed E-state index contributed by atoms with van der Waals surface area (Å²) in [5.74, 6) is 4.60. The Hall–Kier alpha value is -4.91. The fourth-order valence-corrected chi connectivity index (χ4v) is 4.40. The first-order valence-corrected chi connectivity index (χ1v) is 11.5. The lowest BCUT2D eigenvalue weighted by Gasteiger charge is -2.24. The molecule has 1 aliphatic heterocycles. The molecule has 3 heterocycles. The number of terminal acetylenes is 1. The standard InChI is InChI=1S/C27H24N6O4/c1-5-12-37-22-11-8-18(13-23(22)36-4)20-14-24(34)30-26-25(20)16(2)32-33(26)27-29-21(15-28-31-27)17-6-9-19(35-3)10-7-17/h1,6-11,13,15,20H,12,14H2,2-4H3,(H,30,34)/t20-/m0/s1. The van der Waals surface area contributed by atoms with E-state index in [9.17, 15) is 4.79 Å². The third-order valence-corrected chi connectivity index (χ3v) is 6.13. The van der Waals surface area contributed by atoms with E-state index >= 15 is 0 Å². The molecule has 0 aliphatic carbocycles. The van der Waals surface area contributed by atoms with Gasteiger partial charge in [0.25, 0.3) is 5.95 Å². The Labute approximate surface area is 213 Å². The molecule has 0 fully saturated rings. The molecule has 0 radical (unpaired) electrons. The van der Waals surface area contributed by atoms with E-state index in [0.29, 0.717) is 23.0 Å². The predicted molar refractivity (Wildman–Crippen MR) is 136 cm³/mol. The van der Waals surface area contributed by atoms with Gasteiger partial charge in [0.15, 0.2) is 11.5 Å². The lowest BCUT2D eigenvalue weighted by atomic mass is 9.85. The monoisotopic (exact) mass is 496 g/mol. The number of amides is 1. The molecule has 0 saturated carbocycles. The van der Waals surface area contributed by atoms with Crippen LogP contribution < -0.4 is 19.5 Å². The minimum Gasteiger partial charge on any atom is -0.497 e. The molecular weight excluding hydrogens is 472 g/mol. The summed E-state index contributed by atoms with van der Waals surface area (Å²) >= 11 is 0. The van der Waals surface area contributed by atoms with Crippen LogP contribution in [-0.2, 0) is 4.79 Å². The Morgan fingerprint density at radius 2 is 1.95 bits per heavy atom. The van der Waals surface area contributed by atoms with Crippen LogP contribution in [0.3, 0.4) is 0 Å². The van der Waals surface area contributed by atoms with Crippen LogP contribution in [0.25, 0.3) is 17.2 Å². The van der Waals surface area contributed by atoms with Gasteiger partial charge in [0.1, 0.15) is 18.2 Å². The number of carbonyl (C=O) groups is 1. The number of anilines is 1. The van der Waals surface area contributed by atoms with Gasteiger partial charge < -0.3 is 19.5 Å². The number of aryl methyl sites for hydroxylation is 1. The van der Waals surface area contributed by atoms with Gasteiger partial charge in [-0.1, -0.05) is 12.0 Å². The second-order valence-electron chi connectivity index (χ2n) is 8.34. The van der Waals surface area contributed by atoms with E-state index in [4.69, 9.17) is 20.6 Å². The van der Waals surface area contributed by atoms with Crippen LogP contribution >= 0.6 is 0 Å². The molecule has 0 saturated heterocycles. The van der Waals surface area contributed by atoms with Crippen LogP contribution in [0.15, 0.2) is 48.7 Å². The van der Waals surface area contributed by atoms with Gasteiger partial charge in [-0.3, -0.25) is 4.79 Å². The van der Waals surface area contributed by atoms with Crippen molar-refractivity contribution in [2.75, 3.05) is 26.1 Å². The highest BCUT2D eigenvalue weighted by molar-refractivity contribution is 5.95. The fraction of sp³-hybridized carbons (Fsp3) is 0.222. The third kappa shape index (κ3) is 4.54. The highest BCUT2D eigenvalue weighted by Crippen LogP contribution is 2.42. The Bertz CT molecular complexity index is 1510. The van der Waals surface area contributed by atoms with Crippen molar-refractivity contribution in [3.05, 3.63) is 65.5 Å². The molecule has 10 nitrogen and oxygen atoms in total. The van der Waals surface area contributed by atoms with Gasteiger partial charge in [-0.15, -0.1) is 11.5 Å². The number of fused-ring (bicyclic) bond motifs is 1. The van der Waals surface area contributed by atoms with Crippen molar-refractivity contribution in [3.8, 4) is 46.8 Å². The topological polar surface area (TPSA) is 113 Å². The number of nitrogens with one attached hydrogen (secondary N) is 1. The van der Waals surface area contributed by atoms with Crippen molar-refractivity contribution in [2.24, 2.45) is 0 Å². The average Bonchev–Trinajstić information content (AvgIpc) is 3.27. The Morgan fingerprint density at radius 1 is 1.14 bits per heavy atom. The van der Waals surface area contributed by atoms with Crippen LogP contribution in [0.2, 0.25) is 0 Å². The largest absolute Gasteiger partial charge is 0.497 e. The summed E-state index contributed by atoms with van der Waals surface area (Å²) in [7, 11) is 3.17.